The van der Waals surface area contributed by atoms with E-state index >= 15 is 0 Å². The Kier molecular flexibility index (Phi) is 12.0. The van der Waals surface area contributed by atoms with Crippen LogP contribution in [-0.4, -0.2) is 23.2 Å². The molecule has 2 aliphatic rings. The van der Waals surface area contributed by atoms with E-state index in [2.05, 4.69) is 172 Å². The van der Waals surface area contributed by atoms with Gasteiger partial charge in [-0.15, -0.1) is 6.58 Å². The fourth-order valence-corrected chi connectivity index (χ4v) is 7.15. The van der Waals surface area contributed by atoms with Gasteiger partial charge in [0.2, 0.25) is 0 Å². The molecule has 0 aliphatic carbocycles. The SMILES string of the molecule is C=Cc1cc(C2=CC=CC(/C(=C/C)CC)N2)ccc1-c1c(C)c(C)c(CC(C=C)C/C=C\C=C(/N)C2C=CCNC2C)n1-c1ccccc1. The molecule has 0 radical (unpaired) electrons. The molecule has 0 fully saturated rings. The largest absolute Gasteiger partial charge is 0.402 e. The van der Waals surface area contributed by atoms with Crippen molar-refractivity contribution in [2.75, 3.05) is 6.54 Å². The summed E-state index contributed by atoms with van der Waals surface area (Å²) in [5.74, 6) is 0.485. The maximum Gasteiger partial charge on any atom is 0.0660 e. The minimum Gasteiger partial charge on any atom is -0.402 e. The van der Waals surface area contributed by atoms with Gasteiger partial charge in [0.25, 0.3) is 0 Å². The molecule has 0 saturated heterocycles. The Labute approximate surface area is 294 Å². The van der Waals surface area contributed by atoms with Crippen LogP contribution < -0.4 is 16.4 Å². The summed E-state index contributed by atoms with van der Waals surface area (Å²) in [5.41, 5.74) is 19.6. The fraction of sp³-hybridized carbons (Fsp3) is 0.289. The van der Waals surface area contributed by atoms with Gasteiger partial charge < -0.3 is 20.9 Å². The van der Waals surface area contributed by atoms with Crippen LogP contribution >= 0.6 is 0 Å². The standard InChI is InChI=1S/C45H54N4/c1-8-34(19-15-16-23-41(46)39-22-18-28-47-33(39)7)29-44-31(5)32(6)45(49(44)38-20-13-12-14-21-38)40-27-26-37(30-36(40)11-4)43-25-17-24-42(48-43)35(9-2)10-3/h8-9,11-18,20-27,30,33-34,39,42,47-48H,1,4,10,19,28-29,46H2,2-3,5-7H3/b16-15-,35-9+,41-23-. The van der Waals surface area contributed by atoms with Gasteiger partial charge in [-0.1, -0.05) is 98.5 Å². The first-order valence-corrected chi connectivity index (χ1v) is 17.8. The van der Waals surface area contributed by atoms with Crippen LogP contribution in [0.3, 0.4) is 0 Å². The Morgan fingerprint density at radius 2 is 1.88 bits per heavy atom. The topological polar surface area (TPSA) is 55.0 Å². The second-order valence-electron chi connectivity index (χ2n) is 13.2. The van der Waals surface area contributed by atoms with E-state index in [0.29, 0.717) is 6.04 Å². The summed E-state index contributed by atoms with van der Waals surface area (Å²) in [6, 6.07) is 18.1. The molecule has 254 valence electrons. The zero-order valence-corrected chi connectivity index (χ0v) is 30.0. The molecule has 0 saturated carbocycles. The number of nitrogens with one attached hydrogen (secondary N) is 2. The van der Waals surface area contributed by atoms with Crippen molar-refractivity contribution in [1.29, 1.82) is 0 Å². The molecule has 3 heterocycles. The Bertz CT molecular complexity index is 1820. The van der Waals surface area contributed by atoms with E-state index in [9.17, 15) is 0 Å². The fourth-order valence-electron chi connectivity index (χ4n) is 7.15. The molecule has 1 aromatic heterocycles. The van der Waals surface area contributed by atoms with Gasteiger partial charge in [0, 0.05) is 46.8 Å². The number of hydrogen-bond donors (Lipinski definition) is 3. The second-order valence-corrected chi connectivity index (χ2v) is 13.2. The second kappa shape index (κ2) is 16.5. The van der Waals surface area contributed by atoms with Crippen molar-refractivity contribution in [3.05, 3.63) is 162 Å². The molecule has 3 aromatic rings. The first-order valence-electron chi connectivity index (χ1n) is 17.8. The summed E-state index contributed by atoms with van der Waals surface area (Å²) in [5, 5.41) is 7.22. The highest BCUT2D eigenvalue weighted by Gasteiger charge is 2.24. The quantitative estimate of drug-likeness (QED) is 0.128. The van der Waals surface area contributed by atoms with Gasteiger partial charge in [-0.2, -0.15) is 0 Å². The minimum absolute atomic E-state index is 0.209. The lowest BCUT2D eigenvalue weighted by Crippen LogP contribution is -2.38. The molecular weight excluding hydrogens is 597 g/mol. The average molecular weight is 651 g/mol. The van der Waals surface area contributed by atoms with Gasteiger partial charge in [0.15, 0.2) is 0 Å². The summed E-state index contributed by atoms with van der Waals surface area (Å²) >= 11 is 0. The summed E-state index contributed by atoms with van der Waals surface area (Å²) in [7, 11) is 0. The number of nitrogens with two attached hydrogens (primary N) is 1. The average Bonchev–Trinajstić information content (AvgIpc) is 3.38. The van der Waals surface area contributed by atoms with Gasteiger partial charge in [-0.05, 0) is 111 Å². The summed E-state index contributed by atoms with van der Waals surface area (Å²) in [6.07, 6.45) is 26.4. The van der Waals surface area contributed by atoms with Crippen molar-refractivity contribution in [3.8, 4) is 16.9 Å². The normalized spacial score (nSPS) is 20.3. The van der Waals surface area contributed by atoms with Crippen molar-refractivity contribution >= 4 is 11.8 Å². The maximum absolute atomic E-state index is 6.47. The Hall–Kier alpha value is -4.80. The number of benzene rings is 2. The number of rotatable bonds is 13. The predicted octanol–water partition coefficient (Wildman–Crippen LogP) is 9.93. The van der Waals surface area contributed by atoms with Crippen molar-refractivity contribution < 1.29 is 0 Å². The zero-order chi connectivity index (χ0) is 34.9. The number of aromatic nitrogens is 1. The molecule has 0 amide bonds. The Balaban J connectivity index is 1.48. The van der Waals surface area contributed by atoms with Gasteiger partial charge in [-0.3, -0.25) is 0 Å². The molecule has 49 heavy (non-hydrogen) atoms. The van der Waals surface area contributed by atoms with Crippen LogP contribution in [-0.2, 0) is 6.42 Å². The predicted molar refractivity (Wildman–Crippen MR) is 212 cm³/mol. The molecule has 2 aliphatic heterocycles. The molecule has 4 unspecified atom stereocenters. The van der Waals surface area contributed by atoms with E-state index in [1.54, 1.807) is 0 Å². The van der Waals surface area contributed by atoms with E-state index < -0.39 is 0 Å². The lowest BCUT2D eigenvalue weighted by atomic mass is 9.94. The highest BCUT2D eigenvalue weighted by Crippen LogP contribution is 2.38. The zero-order valence-electron chi connectivity index (χ0n) is 30.0. The van der Waals surface area contributed by atoms with Crippen LogP contribution in [0.1, 0.15) is 61.6 Å². The monoisotopic (exact) mass is 650 g/mol. The Morgan fingerprint density at radius 3 is 2.57 bits per heavy atom. The van der Waals surface area contributed by atoms with E-state index in [4.69, 9.17) is 5.73 Å². The third-order valence-corrected chi connectivity index (χ3v) is 10.2. The molecule has 4 nitrogen and oxygen atoms in total. The summed E-state index contributed by atoms with van der Waals surface area (Å²) in [4.78, 5) is 0. The molecule has 4 atom stereocenters. The third kappa shape index (κ3) is 7.92. The van der Waals surface area contributed by atoms with Crippen molar-refractivity contribution in [1.82, 2.24) is 15.2 Å². The van der Waals surface area contributed by atoms with Crippen LogP contribution in [0.5, 0.6) is 0 Å². The van der Waals surface area contributed by atoms with Gasteiger partial charge in [-0.25, -0.2) is 0 Å². The number of nitrogens with zero attached hydrogens (tertiary/aromatic N) is 1. The van der Waals surface area contributed by atoms with E-state index in [0.717, 1.165) is 54.0 Å². The maximum atomic E-state index is 6.47. The first kappa shape index (κ1) is 35.5. The molecular formula is C45H54N4. The van der Waals surface area contributed by atoms with Crippen LogP contribution in [0.4, 0.5) is 0 Å². The van der Waals surface area contributed by atoms with Crippen molar-refractivity contribution in [3.63, 3.8) is 0 Å². The summed E-state index contributed by atoms with van der Waals surface area (Å²) in [6.45, 7) is 20.5. The molecule has 4 N–H and O–H groups in total. The lowest BCUT2D eigenvalue weighted by Gasteiger charge is -2.25. The highest BCUT2D eigenvalue weighted by molar-refractivity contribution is 5.81. The summed E-state index contributed by atoms with van der Waals surface area (Å²) < 4.78 is 2.46. The van der Waals surface area contributed by atoms with Crippen molar-refractivity contribution in [2.45, 2.75) is 66.0 Å². The lowest BCUT2D eigenvalue weighted by molar-refractivity contribution is 0.476. The molecule has 0 bridgehead atoms. The smallest absolute Gasteiger partial charge is 0.0660 e. The minimum atomic E-state index is 0.209. The van der Waals surface area contributed by atoms with Crippen LogP contribution in [0, 0.1) is 25.7 Å². The van der Waals surface area contributed by atoms with E-state index in [1.165, 1.54) is 33.7 Å². The third-order valence-electron chi connectivity index (χ3n) is 10.2. The number of dihydropyridines is 1. The molecule has 5 rings (SSSR count). The Morgan fingerprint density at radius 1 is 1.08 bits per heavy atom. The van der Waals surface area contributed by atoms with Gasteiger partial charge >= 0.3 is 0 Å². The number of para-hydroxylation sites is 1. The first-order chi connectivity index (χ1) is 23.8. The van der Waals surface area contributed by atoms with Crippen LogP contribution in [0.2, 0.25) is 0 Å². The van der Waals surface area contributed by atoms with Crippen LogP contribution in [0.15, 0.2) is 134 Å². The van der Waals surface area contributed by atoms with Crippen LogP contribution in [0.25, 0.3) is 28.7 Å². The number of hydrogen-bond acceptors (Lipinski definition) is 3. The van der Waals surface area contributed by atoms with E-state index in [1.807, 2.05) is 6.08 Å². The molecule has 4 heteroatoms. The van der Waals surface area contributed by atoms with Gasteiger partial charge in [0.05, 0.1) is 11.7 Å². The molecule has 2 aromatic carbocycles. The molecule has 0 spiro atoms. The highest BCUT2D eigenvalue weighted by atomic mass is 15.0. The van der Waals surface area contributed by atoms with E-state index in [-0.39, 0.29) is 17.9 Å². The van der Waals surface area contributed by atoms with Crippen molar-refractivity contribution in [2.24, 2.45) is 17.6 Å². The number of allylic oxidation sites excluding steroid dienone is 7. The van der Waals surface area contributed by atoms with Gasteiger partial charge in [0.1, 0.15) is 0 Å².